The van der Waals surface area contributed by atoms with Crippen molar-refractivity contribution in [3.05, 3.63) is 69.9 Å². The number of hydrogen-bond donors (Lipinski definition) is 1. The van der Waals surface area contributed by atoms with E-state index in [0.29, 0.717) is 0 Å². The Morgan fingerprint density at radius 2 is 1.86 bits per heavy atom. The average Bonchev–Trinajstić information content (AvgIpc) is 3.04. The smallest absolute Gasteiger partial charge is 0.284 e. The maximum atomic E-state index is 13.8. The van der Waals surface area contributed by atoms with Crippen LogP contribution in [-0.2, 0) is 12.8 Å². The highest BCUT2D eigenvalue weighted by Crippen LogP contribution is 2.37. The molecule has 0 bridgehead atoms. The highest BCUT2D eigenvalue weighted by molar-refractivity contribution is 7.17. The van der Waals surface area contributed by atoms with Gasteiger partial charge in [-0.1, -0.05) is 43.7 Å². The first-order valence-electron chi connectivity index (χ1n) is 9.38. The molecule has 0 saturated heterocycles. The largest absolute Gasteiger partial charge is 0.315 e. The van der Waals surface area contributed by atoms with Crippen LogP contribution in [0.4, 0.5) is 14.5 Å². The van der Waals surface area contributed by atoms with E-state index in [9.17, 15) is 13.6 Å². The van der Waals surface area contributed by atoms with Crippen LogP contribution in [0.3, 0.4) is 0 Å². The molecule has 1 aromatic heterocycles. The van der Waals surface area contributed by atoms with E-state index in [1.54, 1.807) is 0 Å². The number of amides is 1. The van der Waals surface area contributed by atoms with Gasteiger partial charge in [-0.2, -0.15) is 0 Å². The van der Waals surface area contributed by atoms with Crippen molar-refractivity contribution in [3.8, 4) is 10.4 Å². The minimum absolute atomic E-state index is 0. The zero-order valence-corrected chi connectivity index (χ0v) is 16.9. The van der Waals surface area contributed by atoms with Gasteiger partial charge in [0.15, 0.2) is 5.01 Å². The van der Waals surface area contributed by atoms with E-state index < -0.39 is 23.2 Å². The van der Waals surface area contributed by atoms with Crippen LogP contribution in [0.1, 0.15) is 48.3 Å². The molecule has 6 heteroatoms. The van der Waals surface area contributed by atoms with Crippen molar-refractivity contribution in [2.75, 3.05) is 5.32 Å². The van der Waals surface area contributed by atoms with Crippen molar-refractivity contribution in [1.29, 1.82) is 0 Å². The fraction of sp³-hybridized carbons (Fsp3) is 0.273. The topological polar surface area (TPSA) is 42.0 Å². The molecule has 1 heterocycles. The Kier molecular flexibility index (Phi) is 6.19. The van der Waals surface area contributed by atoms with Crippen LogP contribution < -0.4 is 5.32 Å². The van der Waals surface area contributed by atoms with Crippen LogP contribution in [0.2, 0.25) is 0 Å². The first-order valence-corrected chi connectivity index (χ1v) is 10.2. The number of carbonyl (C=O) groups excluding carboxylic acids is 1. The van der Waals surface area contributed by atoms with E-state index in [-0.39, 0.29) is 6.43 Å². The van der Waals surface area contributed by atoms with E-state index in [2.05, 4.69) is 28.5 Å². The van der Waals surface area contributed by atoms with E-state index in [1.165, 1.54) is 23.0 Å². The minimum atomic E-state index is -0.808. The number of hydrogen-bond acceptors (Lipinski definition) is 3. The molecule has 2 aromatic carbocycles. The molecule has 0 radical (unpaired) electrons. The average molecular weight is 403 g/mol. The van der Waals surface area contributed by atoms with Gasteiger partial charge in [0.2, 0.25) is 0 Å². The van der Waals surface area contributed by atoms with Gasteiger partial charge in [0.1, 0.15) is 17.3 Å². The van der Waals surface area contributed by atoms with E-state index in [1.807, 2.05) is 20.8 Å². The first-order chi connectivity index (χ1) is 13.5. The molecule has 0 atom stereocenters. The van der Waals surface area contributed by atoms with Crippen molar-refractivity contribution < 1.29 is 15.0 Å². The number of carbonyl (C=O) groups is 1. The van der Waals surface area contributed by atoms with Crippen LogP contribution >= 0.6 is 11.3 Å². The van der Waals surface area contributed by atoms with Gasteiger partial charge in [0.25, 0.3) is 5.91 Å². The highest BCUT2D eigenvalue weighted by atomic mass is 32.1. The van der Waals surface area contributed by atoms with Gasteiger partial charge < -0.3 is 5.32 Å². The molecule has 1 amide bonds. The zero-order chi connectivity index (χ0) is 20.3. The molecular formula is C22H24F2N2OS. The standard InChI is InChI=1S/C20H16F2N2OS.C2H6.H2/c1-11-8-9-12-4-2-7-16-18(13(12)10-11)26-20(23-16)19(25)24-17-14(21)5-3-6-15(17)22;1-2;/h3,5-6,8-10H,2,4,7H2,1H3,(H,24,25);1-2H3;1H. The molecule has 1 N–H and O–H groups in total. The van der Waals surface area contributed by atoms with Crippen LogP contribution in [0.15, 0.2) is 36.4 Å². The molecule has 28 heavy (non-hydrogen) atoms. The van der Waals surface area contributed by atoms with Crippen LogP contribution in [-0.4, -0.2) is 10.9 Å². The summed E-state index contributed by atoms with van der Waals surface area (Å²) in [5, 5.41) is 2.53. The third-order valence-electron chi connectivity index (χ3n) is 4.46. The van der Waals surface area contributed by atoms with Crippen molar-refractivity contribution >= 4 is 22.9 Å². The number of rotatable bonds is 2. The van der Waals surface area contributed by atoms with Crippen LogP contribution in [0.5, 0.6) is 0 Å². The molecule has 1 aliphatic rings. The quantitative estimate of drug-likeness (QED) is 0.538. The Hall–Kier alpha value is -2.60. The number of para-hydroxylation sites is 1. The Bertz CT molecular complexity index is 1000. The number of halogens is 2. The van der Waals surface area contributed by atoms with Gasteiger partial charge >= 0.3 is 0 Å². The molecule has 3 nitrogen and oxygen atoms in total. The van der Waals surface area contributed by atoms with Gasteiger partial charge in [-0.15, -0.1) is 11.3 Å². The SMILES string of the molecule is CC.Cc1ccc2c(c1)-c1sc(C(=O)Nc3c(F)cccc3F)nc1CCC2.[HH]. The second-order valence-electron chi connectivity index (χ2n) is 6.36. The Morgan fingerprint density at radius 3 is 2.57 bits per heavy atom. The zero-order valence-electron chi connectivity index (χ0n) is 16.1. The lowest BCUT2D eigenvalue weighted by Gasteiger charge is -2.07. The molecule has 0 spiro atoms. The molecule has 0 fully saturated rings. The molecule has 0 unspecified atom stereocenters. The van der Waals surface area contributed by atoms with Gasteiger partial charge in [-0.25, -0.2) is 13.8 Å². The van der Waals surface area contributed by atoms with Gasteiger partial charge in [0, 0.05) is 1.43 Å². The summed E-state index contributed by atoms with van der Waals surface area (Å²) in [4.78, 5) is 17.9. The van der Waals surface area contributed by atoms with Crippen molar-refractivity contribution in [2.24, 2.45) is 0 Å². The first kappa shape index (κ1) is 20.1. The molecule has 3 aromatic rings. The second kappa shape index (κ2) is 8.61. The molecule has 1 aliphatic carbocycles. The van der Waals surface area contributed by atoms with E-state index in [4.69, 9.17) is 0 Å². The third-order valence-corrected chi connectivity index (χ3v) is 5.59. The number of thiazole rings is 1. The Labute approximate surface area is 168 Å². The number of aromatic nitrogens is 1. The summed E-state index contributed by atoms with van der Waals surface area (Å²) < 4.78 is 27.6. The summed E-state index contributed by atoms with van der Waals surface area (Å²) in [5.74, 6) is -2.21. The Morgan fingerprint density at radius 1 is 1.14 bits per heavy atom. The monoisotopic (exact) mass is 402 g/mol. The maximum Gasteiger partial charge on any atom is 0.284 e. The van der Waals surface area contributed by atoms with Gasteiger partial charge in [-0.3, -0.25) is 4.79 Å². The summed E-state index contributed by atoms with van der Waals surface area (Å²) >= 11 is 1.27. The van der Waals surface area contributed by atoms with E-state index >= 15 is 0 Å². The molecule has 148 valence electrons. The summed E-state index contributed by atoms with van der Waals surface area (Å²) in [6.07, 6.45) is 2.71. The molecular weight excluding hydrogens is 378 g/mol. The van der Waals surface area contributed by atoms with Crippen molar-refractivity contribution in [3.63, 3.8) is 0 Å². The van der Waals surface area contributed by atoms with Crippen molar-refractivity contribution in [1.82, 2.24) is 4.98 Å². The minimum Gasteiger partial charge on any atom is -0.315 e. The van der Waals surface area contributed by atoms with Gasteiger partial charge in [-0.05, 0) is 49.4 Å². The predicted molar refractivity (Wildman–Crippen MR) is 112 cm³/mol. The summed E-state index contributed by atoms with van der Waals surface area (Å²) in [7, 11) is 0. The second-order valence-corrected chi connectivity index (χ2v) is 7.36. The summed E-state index contributed by atoms with van der Waals surface area (Å²) in [6.45, 7) is 6.03. The van der Waals surface area contributed by atoms with Gasteiger partial charge in [0.05, 0.1) is 10.6 Å². The third kappa shape index (κ3) is 3.97. The molecule has 0 aliphatic heterocycles. The van der Waals surface area contributed by atoms with Crippen LogP contribution in [0, 0.1) is 18.6 Å². The van der Waals surface area contributed by atoms with Crippen LogP contribution in [0.25, 0.3) is 10.4 Å². The predicted octanol–water partition coefficient (Wildman–Crippen LogP) is 6.41. The number of fused-ring (bicyclic) bond motifs is 3. The lowest BCUT2D eigenvalue weighted by molar-refractivity contribution is 0.102. The Balaban J connectivity index is 0.000000970. The number of nitrogens with one attached hydrogen (secondary N) is 1. The summed E-state index contributed by atoms with van der Waals surface area (Å²) in [5.41, 5.74) is 3.92. The maximum absolute atomic E-state index is 13.8. The van der Waals surface area contributed by atoms with Crippen molar-refractivity contribution in [2.45, 2.75) is 40.0 Å². The van der Waals surface area contributed by atoms with E-state index in [0.717, 1.165) is 53.1 Å². The molecule has 0 saturated carbocycles. The normalized spacial score (nSPS) is 12.2. The summed E-state index contributed by atoms with van der Waals surface area (Å²) in [6, 6.07) is 9.78. The molecule has 4 rings (SSSR count). The number of benzene rings is 2. The lowest BCUT2D eigenvalue weighted by Crippen LogP contribution is -2.14. The fourth-order valence-corrected chi connectivity index (χ4v) is 4.24. The fourth-order valence-electron chi connectivity index (χ4n) is 3.18. The highest BCUT2D eigenvalue weighted by Gasteiger charge is 2.23. The lowest BCUT2D eigenvalue weighted by atomic mass is 10.0. The number of aryl methyl sites for hydroxylation is 3. The number of anilines is 1. The number of nitrogens with zero attached hydrogens (tertiary/aromatic N) is 1.